The Morgan fingerprint density at radius 3 is 1.73 bits per heavy atom. The SMILES string of the molecule is C1=CNB(c2c3ccccc3c(-c3ccccc3)c3ccccc23)C=C1. The topological polar surface area (TPSA) is 12.0 Å². The Morgan fingerprint density at radius 1 is 0.577 bits per heavy atom. The van der Waals surface area contributed by atoms with Crippen LogP contribution in [0.25, 0.3) is 32.7 Å². The summed E-state index contributed by atoms with van der Waals surface area (Å²) >= 11 is 0. The van der Waals surface area contributed by atoms with Crippen molar-refractivity contribution in [1.29, 1.82) is 0 Å². The molecule has 0 bridgehead atoms. The molecular formula is C24H18BN. The second kappa shape index (κ2) is 6.23. The number of hydrogen-bond donors (Lipinski definition) is 1. The molecule has 0 aromatic heterocycles. The Kier molecular flexibility index (Phi) is 3.60. The molecule has 0 saturated carbocycles. The van der Waals surface area contributed by atoms with Crippen molar-refractivity contribution < 1.29 is 0 Å². The van der Waals surface area contributed by atoms with Gasteiger partial charge in [0.1, 0.15) is 0 Å². The molecule has 4 aromatic carbocycles. The Labute approximate surface area is 153 Å². The smallest absolute Gasteiger partial charge is 0.314 e. The maximum absolute atomic E-state index is 3.51. The van der Waals surface area contributed by atoms with E-state index in [-0.39, 0.29) is 6.85 Å². The van der Waals surface area contributed by atoms with Crippen molar-refractivity contribution in [1.82, 2.24) is 5.23 Å². The van der Waals surface area contributed by atoms with E-state index in [2.05, 4.69) is 96.1 Å². The first-order valence-electron chi connectivity index (χ1n) is 9.01. The van der Waals surface area contributed by atoms with Crippen molar-refractivity contribution >= 4 is 33.9 Å². The summed E-state index contributed by atoms with van der Waals surface area (Å²) in [6, 6.07) is 28.2. The Bertz CT molecular complexity index is 1100. The quantitative estimate of drug-likeness (QED) is 0.399. The lowest BCUT2D eigenvalue weighted by molar-refractivity contribution is 1.33. The lowest BCUT2D eigenvalue weighted by Crippen LogP contribution is -2.42. The third-order valence-electron chi connectivity index (χ3n) is 5.13. The van der Waals surface area contributed by atoms with Crippen molar-refractivity contribution in [3.63, 3.8) is 0 Å². The third kappa shape index (κ3) is 2.34. The highest BCUT2D eigenvalue weighted by molar-refractivity contribution is 6.80. The van der Waals surface area contributed by atoms with Crippen LogP contribution in [-0.2, 0) is 0 Å². The van der Waals surface area contributed by atoms with Crippen LogP contribution >= 0.6 is 0 Å². The van der Waals surface area contributed by atoms with Gasteiger partial charge in [-0.05, 0) is 50.4 Å². The first-order valence-corrected chi connectivity index (χ1v) is 9.01. The fourth-order valence-electron chi connectivity index (χ4n) is 4.04. The van der Waals surface area contributed by atoms with E-state index in [0.717, 1.165) is 0 Å². The molecule has 0 fully saturated rings. The molecule has 0 aliphatic carbocycles. The predicted octanol–water partition coefficient (Wildman–Crippen LogP) is 5.07. The summed E-state index contributed by atoms with van der Waals surface area (Å²) in [6.07, 6.45) is 6.19. The van der Waals surface area contributed by atoms with Crippen LogP contribution in [0.15, 0.2) is 103 Å². The third-order valence-corrected chi connectivity index (χ3v) is 5.13. The fourth-order valence-corrected chi connectivity index (χ4v) is 4.04. The molecule has 0 amide bonds. The van der Waals surface area contributed by atoms with Gasteiger partial charge in [-0.15, -0.1) is 0 Å². The summed E-state index contributed by atoms with van der Waals surface area (Å²) in [4.78, 5) is 0. The zero-order valence-electron chi connectivity index (χ0n) is 14.4. The van der Waals surface area contributed by atoms with Gasteiger partial charge in [0.25, 0.3) is 0 Å². The number of fused-ring (bicyclic) bond motifs is 2. The van der Waals surface area contributed by atoms with Crippen LogP contribution < -0.4 is 10.7 Å². The van der Waals surface area contributed by atoms with E-state index < -0.39 is 0 Å². The van der Waals surface area contributed by atoms with Gasteiger partial charge in [0.15, 0.2) is 0 Å². The van der Waals surface area contributed by atoms with Crippen LogP contribution in [0, 0.1) is 0 Å². The Morgan fingerprint density at radius 2 is 1.15 bits per heavy atom. The van der Waals surface area contributed by atoms with Gasteiger partial charge in [0.05, 0.1) is 0 Å². The van der Waals surface area contributed by atoms with E-state index in [0.29, 0.717) is 0 Å². The molecule has 1 nitrogen and oxygen atoms in total. The number of nitrogens with one attached hydrogen (secondary N) is 1. The molecule has 2 heteroatoms. The molecule has 0 spiro atoms. The summed E-state index contributed by atoms with van der Waals surface area (Å²) in [5.74, 6) is 2.23. The maximum atomic E-state index is 3.51. The average Bonchev–Trinajstić information content (AvgIpc) is 2.73. The highest BCUT2D eigenvalue weighted by Gasteiger charge is 2.22. The van der Waals surface area contributed by atoms with Crippen LogP contribution in [-0.4, -0.2) is 6.85 Å². The molecule has 1 aliphatic heterocycles. The molecule has 0 atom stereocenters. The molecule has 1 N–H and O–H groups in total. The summed E-state index contributed by atoms with van der Waals surface area (Å²) in [5, 5.41) is 8.73. The van der Waals surface area contributed by atoms with E-state index in [9.17, 15) is 0 Å². The molecule has 0 unspecified atom stereocenters. The molecule has 1 aliphatic rings. The zero-order chi connectivity index (χ0) is 17.3. The fraction of sp³-hybridized carbons (Fsp3) is 0. The van der Waals surface area contributed by atoms with E-state index >= 15 is 0 Å². The minimum atomic E-state index is 0.180. The lowest BCUT2D eigenvalue weighted by Gasteiger charge is -2.21. The number of hydrogen-bond acceptors (Lipinski definition) is 1. The predicted molar refractivity (Wildman–Crippen MR) is 114 cm³/mol. The van der Waals surface area contributed by atoms with Crippen molar-refractivity contribution in [3.8, 4) is 11.1 Å². The van der Waals surface area contributed by atoms with E-state index in [1.165, 1.54) is 38.1 Å². The second-order valence-electron chi connectivity index (χ2n) is 6.63. The Balaban J connectivity index is 1.95. The molecular weight excluding hydrogens is 313 g/mol. The van der Waals surface area contributed by atoms with Crippen LogP contribution in [0.3, 0.4) is 0 Å². The van der Waals surface area contributed by atoms with Gasteiger partial charge in [-0.1, -0.05) is 90.9 Å². The highest BCUT2D eigenvalue weighted by Crippen LogP contribution is 2.35. The summed E-state index contributed by atoms with van der Waals surface area (Å²) in [6.45, 7) is 0.180. The van der Waals surface area contributed by atoms with Crippen LogP contribution in [0.1, 0.15) is 0 Å². The average molecular weight is 331 g/mol. The molecule has 1 heterocycles. The standard InChI is InChI=1S/C24H18BN/c1-2-10-18(11-3-1)23-19-12-4-6-14-21(19)24(25-16-8-9-17-26-25)22-15-7-5-13-20(22)23/h1-17,26H. The minimum Gasteiger partial charge on any atom is -0.426 e. The van der Waals surface area contributed by atoms with Gasteiger partial charge >= 0.3 is 6.85 Å². The van der Waals surface area contributed by atoms with E-state index in [1.807, 2.05) is 12.3 Å². The van der Waals surface area contributed by atoms with Gasteiger partial charge in [0, 0.05) is 0 Å². The lowest BCUT2D eigenvalue weighted by atomic mass is 9.53. The zero-order valence-corrected chi connectivity index (χ0v) is 14.4. The summed E-state index contributed by atoms with van der Waals surface area (Å²) in [5.41, 5.74) is 3.92. The van der Waals surface area contributed by atoms with Gasteiger partial charge < -0.3 is 5.23 Å². The van der Waals surface area contributed by atoms with Gasteiger partial charge in [-0.2, -0.15) is 0 Å². The monoisotopic (exact) mass is 331 g/mol. The van der Waals surface area contributed by atoms with Gasteiger partial charge in [0.2, 0.25) is 0 Å². The maximum Gasteiger partial charge on any atom is 0.314 e. The van der Waals surface area contributed by atoms with Crippen molar-refractivity contribution in [2.24, 2.45) is 0 Å². The number of allylic oxidation sites excluding steroid dienone is 2. The van der Waals surface area contributed by atoms with Crippen molar-refractivity contribution in [2.75, 3.05) is 0 Å². The minimum absolute atomic E-state index is 0.180. The van der Waals surface area contributed by atoms with Crippen LogP contribution in [0.4, 0.5) is 0 Å². The van der Waals surface area contributed by atoms with Crippen LogP contribution in [0.2, 0.25) is 0 Å². The van der Waals surface area contributed by atoms with Crippen molar-refractivity contribution in [2.45, 2.75) is 0 Å². The van der Waals surface area contributed by atoms with Gasteiger partial charge in [-0.25, -0.2) is 0 Å². The van der Waals surface area contributed by atoms with Crippen LogP contribution in [0.5, 0.6) is 0 Å². The van der Waals surface area contributed by atoms with Crippen molar-refractivity contribution in [3.05, 3.63) is 103 Å². The molecule has 4 aromatic rings. The van der Waals surface area contributed by atoms with Gasteiger partial charge in [-0.3, -0.25) is 0 Å². The molecule has 5 rings (SSSR count). The number of benzene rings is 4. The largest absolute Gasteiger partial charge is 0.426 e. The molecule has 26 heavy (non-hydrogen) atoms. The van der Waals surface area contributed by atoms with E-state index in [1.54, 1.807) is 0 Å². The summed E-state index contributed by atoms with van der Waals surface area (Å²) < 4.78 is 0. The summed E-state index contributed by atoms with van der Waals surface area (Å²) in [7, 11) is 0. The normalized spacial score (nSPS) is 13.3. The first-order chi connectivity index (χ1) is 12.9. The molecule has 0 saturated heterocycles. The molecule has 0 radical (unpaired) electrons. The number of rotatable bonds is 2. The highest BCUT2D eigenvalue weighted by atomic mass is 14.7. The second-order valence-corrected chi connectivity index (χ2v) is 6.63. The first kappa shape index (κ1) is 15.0. The van der Waals surface area contributed by atoms with E-state index in [4.69, 9.17) is 0 Å². The Hall–Kier alpha value is -3.26. The molecule has 122 valence electrons.